The van der Waals surface area contributed by atoms with E-state index < -0.39 is 15.8 Å². The summed E-state index contributed by atoms with van der Waals surface area (Å²) in [5.74, 6) is -0.527. The summed E-state index contributed by atoms with van der Waals surface area (Å²) in [5.41, 5.74) is 0. The quantitative estimate of drug-likeness (QED) is 0.836. The lowest BCUT2D eigenvalue weighted by atomic mass is 10.2. The minimum atomic E-state index is -3.62. The molecule has 0 aliphatic carbocycles. The molecule has 2 heterocycles. The predicted octanol–water partition coefficient (Wildman–Crippen LogP) is 1.70. The number of sulfonamides is 1. The molecule has 0 aromatic heterocycles. The fourth-order valence-electron chi connectivity index (χ4n) is 3.22. The molecule has 0 spiro atoms. The fourth-order valence-corrected chi connectivity index (χ4v) is 4.72. The van der Waals surface area contributed by atoms with Gasteiger partial charge < -0.3 is 4.74 Å². The van der Waals surface area contributed by atoms with Gasteiger partial charge in [-0.05, 0) is 44.0 Å². The van der Waals surface area contributed by atoms with Crippen LogP contribution in [0.5, 0.6) is 0 Å². The largest absolute Gasteiger partial charge is 0.377 e. The number of hydrogen-bond acceptors (Lipinski definition) is 4. The Morgan fingerprint density at radius 2 is 2.04 bits per heavy atom. The highest BCUT2D eigenvalue weighted by Crippen LogP contribution is 2.20. The molecule has 0 amide bonds. The Hall–Kier alpha value is -1.02. The molecule has 0 radical (unpaired) electrons. The van der Waals surface area contributed by atoms with Gasteiger partial charge in [0, 0.05) is 32.8 Å². The first-order valence-corrected chi connectivity index (χ1v) is 9.59. The van der Waals surface area contributed by atoms with Gasteiger partial charge in [0.05, 0.1) is 11.0 Å². The summed E-state index contributed by atoms with van der Waals surface area (Å²) in [6.45, 7) is 4.17. The molecule has 1 aromatic rings. The fraction of sp³-hybridized carbons (Fsp3) is 0.625. The molecular weight excluding hydrogens is 319 g/mol. The van der Waals surface area contributed by atoms with Crippen LogP contribution in [0.1, 0.15) is 19.3 Å². The van der Waals surface area contributed by atoms with Crippen LogP contribution in [-0.2, 0) is 14.8 Å². The van der Waals surface area contributed by atoms with Gasteiger partial charge in [-0.1, -0.05) is 6.07 Å². The molecule has 1 atom stereocenters. The van der Waals surface area contributed by atoms with E-state index in [0.29, 0.717) is 19.6 Å². The Morgan fingerprint density at radius 1 is 1.17 bits per heavy atom. The van der Waals surface area contributed by atoms with Crippen molar-refractivity contribution in [2.75, 3.05) is 39.3 Å². The van der Waals surface area contributed by atoms with E-state index in [-0.39, 0.29) is 11.0 Å². The predicted molar refractivity (Wildman–Crippen MR) is 85.2 cm³/mol. The number of rotatable bonds is 4. The van der Waals surface area contributed by atoms with Crippen LogP contribution in [-0.4, -0.2) is 63.1 Å². The zero-order valence-electron chi connectivity index (χ0n) is 13.2. The van der Waals surface area contributed by atoms with Gasteiger partial charge in [-0.3, -0.25) is 4.90 Å². The lowest BCUT2D eigenvalue weighted by Gasteiger charge is -2.23. The van der Waals surface area contributed by atoms with Crippen molar-refractivity contribution in [2.24, 2.45) is 0 Å². The topological polar surface area (TPSA) is 49.9 Å². The Morgan fingerprint density at radius 3 is 2.78 bits per heavy atom. The van der Waals surface area contributed by atoms with Crippen LogP contribution in [0.15, 0.2) is 29.2 Å². The highest BCUT2D eigenvalue weighted by atomic mass is 32.2. The summed E-state index contributed by atoms with van der Waals surface area (Å²) >= 11 is 0. The Labute approximate surface area is 137 Å². The maximum Gasteiger partial charge on any atom is 0.243 e. The van der Waals surface area contributed by atoms with Crippen molar-refractivity contribution in [3.63, 3.8) is 0 Å². The molecule has 23 heavy (non-hydrogen) atoms. The second kappa shape index (κ2) is 7.25. The van der Waals surface area contributed by atoms with E-state index in [1.165, 1.54) is 22.5 Å². The highest BCUT2D eigenvalue weighted by Gasteiger charge is 2.28. The van der Waals surface area contributed by atoms with Crippen LogP contribution < -0.4 is 0 Å². The van der Waals surface area contributed by atoms with Crippen LogP contribution >= 0.6 is 0 Å². The number of ether oxygens (including phenoxy) is 1. The summed E-state index contributed by atoms with van der Waals surface area (Å²) in [6.07, 6.45) is 3.25. The average molecular weight is 342 g/mol. The lowest BCUT2D eigenvalue weighted by Crippen LogP contribution is -2.37. The van der Waals surface area contributed by atoms with Crippen molar-refractivity contribution in [2.45, 2.75) is 30.3 Å². The molecule has 7 heteroatoms. The molecule has 2 aliphatic rings. The second-order valence-electron chi connectivity index (χ2n) is 6.15. The smallest absolute Gasteiger partial charge is 0.243 e. The normalized spacial score (nSPS) is 24.7. The minimum absolute atomic E-state index is 0.0325. The number of halogens is 1. The third-order valence-electron chi connectivity index (χ3n) is 4.47. The van der Waals surface area contributed by atoms with Gasteiger partial charge in [0.15, 0.2) is 0 Å². The van der Waals surface area contributed by atoms with E-state index >= 15 is 0 Å². The van der Waals surface area contributed by atoms with Crippen molar-refractivity contribution in [3.05, 3.63) is 30.1 Å². The van der Waals surface area contributed by atoms with E-state index in [1.807, 2.05) is 0 Å². The third kappa shape index (κ3) is 4.09. The van der Waals surface area contributed by atoms with Gasteiger partial charge >= 0.3 is 0 Å². The number of hydrogen-bond donors (Lipinski definition) is 0. The first-order valence-electron chi connectivity index (χ1n) is 8.15. The van der Waals surface area contributed by atoms with Crippen molar-refractivity contribution in [1.82, 2.24) is 9.21 Å². The van der Waals surface area contributed by atoms with Crippen molar-refractivity contribution in [3.8, 4) is 0 Å². The summed E-state index contributed by atoms with van der Waals surface area (Å²) in [7, 11) is -3.62. The molecule has 0 bridgehead atoms. The van der Waals surface area contributed by atoms with E-state index in [2.05, 4.69) is 4.90 Å². The van der Waals surface area contributed by atoms with Gasteiger partial charge in [0.25, 0.3) is 0 Å². The Kier molecular flexibility index (Phi) is 5.31. The molecule has 1 unspecified atom stereocenters. The summed E-state index contributed by atoms with van der Waals surface area (Å²) in [4.78, 5) is 2.31. The van der Waals surface area contributed by atoms with E-state index in [4.69, 9.17) is 4.74 Å². The van der Waals surface area contributed by atoms with Crippen LogP contribution in [0.2, 0.25) is 0 Å². The molecule has 5 nitrogen and oxygen atoms in total. The summed E-state index contributed by atoms with van der Waals surface area (Å²) in [5, 5.41) is 0. The summed E-state index contributed by atoms with van der Waals surface area (Å²) in [6, 6.07) is 5.23. The van der Waals surface area contributed by atoms with Gasteiger partial charge in [-0.2, -0.15) is 4.31 Å². The lowest BCUT2D eigenvalue weighted by molar-refractivity contribution is 0.0749. The molecule has 0 saturated carbocycles. The molecule has 2 aliphatic heterocycles. The average Bonchev–Trinajstić information content (AvgIpc) is 2.91. The molecule has 2 saturated heterocycles. The van der Waals surface area contributed by atoms with E-state index in [9.17, 15) is 12.8 Å². The van der Waals surface area contributed by atoms with Crippen molar-refractivity contribution >= 4 is 10.0 Å². The minimum Gasteiger partial charge on any atom is -0.377 e. The van der Waals surface area contributed by atoms with Crippen molar-refractivity contribution < 1.29 is 17.5 Å². The van der Waals surface area contributed by atoms with Crippen LogP contribution in [0.4, 0.5) is 4.39 Å². The SMILES string of the molecule is O=S(=O)(c1cccc(F)c1)N1CCCN(CC2CCCO2)CC1. The highest BCUT2D eigenvalue weighted by molar-refractivity contribution is 7.89. The zero-order chi connectivity index (χ0) is 16.3. The first kappa shape index (κ1) is 16.8. The van der Waals surface area contributed by atoms with Gasteiger partial charge in [0.1, 0.15) is 5.82 Å². The maximum atomic E-state index is 13.3. The van der Waals surface area contributed by atoms with Crippen molar-refractivity contribution in [1.29, 1.82) is 0 Å². The van der Waals surface area contributed by atoms with Gasteiger partial charge in [-0.15, -0.1) is 0 Å². The van der Waals surface area contributed by atoms with Gasteiger partial charge in [0.2, 0.25) is 10.0 Å². The molecule has 2 fully saturated rings. The zero-order valence-corrected chi connectivity index (χ0v) is 14.0. The van der Waals surface area contributed by atoms with Crippen LogP contribution in [0.25, 0.3) is 0 Å². The van der Waals surface area contributed by atoms with E-state index in [0.717, 1.165) is 45.0 Å². The third-order valence-corrected chi connectivity index (χ3v) is 6.36. The van der Waals surface area contributed by atoms with Crippen LogP contribution in [0, 0.1) is 5.82 Å². The van der Waals surface area contributed by atoms with E-state index in [1.54, 1.807) is 0 Å². The second-order valence-corrected chi connectivity index (χ2v) is 8.09. The Bertz CT molecular complexity index is 632. The number of nitrogens with zero attached hydrogens (tertiary/aromatic N) is 2. The standard InChI is InChI=1S/C16H23FN2O3S/c17-14-4-1-6-16(12-14)23(20,21)19-8-3-7-18(9-10-19)13-15-5-2-11-22-15/h1,4,6,12,15H,2-3,5,7-11,13H2. The summed E-state index contributed by atoms with van der Waals surface area (Å²) < 4.78 is 45.8. The molecule has 0 N–H and O–H groups in total. The molecular formula is C16H23FN2O3S. The monoisotopic (exact) mass is 342 g/mol. The Balaban J connectivity index is 1.64. The molecule has 1 aromatic carbocycles. The maximum absolute atomic E-state index is 13.3. The molecule has 3 rings (SSSR count). The first-order chi connectivity index (χ1) is 11.1. The number of benzene rings is 1. The van der Waals surface area contributed by atoms with Crippen LogP contribution in [0.3, 0.4) is 0 Å². The van der Waals surface area contributed by atoms with Gasteiger partial charge in [-0.25, -0.2) is 12.8 Å². The molecule has 128 valence electrons.